The summed E-state index contributed by atoms with van der Waals surface area (Å²) in [6.07, 6.45) is 0.480. The van der Waals surface area contributed by atoms with Gasteiger partial charge in [0.15, 0.2) is 0 Å². The average Bonchev–Trinajstić information content (AvgIpc) is 3.14. The quantitative estimate of drug-likeness (QED) is 0.401. The summed E-state index contributed by atoms with van der Waals surface area (Å²) in [6, 6.07) is 16.4. The van der Waals surface area contributed by atoms with Crippen LogP contribution in [0.5, 0.6) is 0 Å². The molecule has 0 saturated heterocycles. The number of rotatable bonds is 6. The van der Waals surface area contributed by atoms with Crippen LogP contribution in [0.3, 0.4) is 0 Å². The van der Waals surface area contributed by atoms with Crippen molar-refractivity contribution in [1.82, 2.24) is 5.32 Å². The molecule has 3 aromatic carbocycles. The first-order chi connectivity index (χ1) is 15.3. The fourth-order valence-electron chi connectivity index (χ4n) is 3.51. The number of halogens is 3. The van der Waals surface area contributed by atoms with Crippen LogP contribution < -0.4 is 11.1 Å². The van der Waals surface area contributed by atoms with Gasteiger partial charge >= 0.3 is 0 Å². The Morgan fingerprint density at radius 1 is 1.00 bits per heavy atom. The van der Waals surface area contributed by atoms with Gasteiger partial charge in [-0.25, -0.2) is 8.78 Å². The molecule has 162 valence electrons. The molecule has 3 N–H and O–H groups in total. The maximum atomic E-state index is 15.3. The second kappa shape index (κ2) is 9.06. The first-order valence-corrected chi connectivity index (χ1v) is 10.8. The second-order valence-corrected chi connectivity index (χ2v) is 8.78. The molecule has 0 aliphatic carbocycles. The van der Waals surface area contributed by atoms with E-state index in [2.05, 4.69) is 5.32 Å². The maximum absolute atomic E-state index is 15.3. The number of hydrogen-bond donors (Lipinski definition) is 2. The third-order valence-electron chi connectivity index (χ3n) is 4.85. The molecule has 0 aliphatic heterocycles. The molecular formula is C24H17ClF2N2O2S. The van der Waals surface area contributed by atoms with Crippen molar-refractivity contribution < 1.29 is 18.4 Å². The number of carbonyl (C=O) groups excluding carboxylic acids is 2. The van der Waals surface area contributed by atoms with Crippen LogP contribution in [0.2, 0.25) is 5.02 Å². The Hall–Kier alpha value is -3.29. The van der Waals surface area contributed by atoms with Gasteiger partial charge in [-0.3, -0.25) is 9.59 Å². The SMILES string of the molecule is NC(=O)CNC(=O)c1cccc(-c2cccc3cc(Cc4cc(F)cc(Cl)c4)sc23)c1F. The highest BCUT2D eigenvalue weighted by Gasteiger charge is 2.18. The van der Waals surface area contributed by atoms with Crippen LogP contribution in [0.25, 0.3) is 21.2 Å². The molecule has 0 saturated carbocycles. The predicted octanol–water partition coefficient (Wildman–Crippen LogP) is 5.31. The number of hydrogen-bond acceptors (Lipinski definition) is 3. The molecule has 1 aromatic heterocycles. The summed E-state index contributed by atoms with van der Waals surface area (Å²) in [5.74, 6) is -2.52. The lowest BCUT2D eigenvalue weighted by Crippen LogP contribution is -2.33. The standard InChI is InChI=1S/C24H17ClF2N2O2S/c25-15-7-13(8-16(26)11-15)9-17-10-14-3-1-5-19(23(14)32-17)18-4-2-6-20(22(18)27)24(31)29-12-21(28)30/h1-8,10-11H,9,12H2,(H2,28,30)(H,29,31). The van der Waals surface area contributed by atoms with Gasteiger partial charge in [0, 0.05) is 32.1 Å². The van der Waals surface area contributed by atoms with Gasteiger partial charge in [0.2, 0.25) is 5.91 Å². The van der Waals surface area contributed by atoms with Crippen LogP contribution in [0, 0.1) is 11.6 Å². The molecular weight excluding hydrogens is 454 g/mol. The Bertz CT molecular complexity index is 1330. The number of nitrogens with one attached hydrogen (secondary N) is 1. The van der Waals surface area contributed by atoms with E-state index < -0.39 is 23.4 Å². The van der Waals surface area contributed by atoms with Crippen molar-refractivity contribution >= 4 is 44.8 Å². The highest BCUT2D eigenvalue weighted by molar-refractivity contribution is 7.19. The number of primary amides is 1. The zero-order chi connectivity index (χ0) is 22.8. The van der Waals surface area contributed by atoms with E-state index in [4.69, 9.17) is 17.3 Å². The lowest BCUT2D eigenvalue weighted by Gasteiger charge is -2.09. The molecule has 8 heteroatoms. The van der Waals surface area contributed by atoms with Crippen LogP contribution in [0.4, 0.5) is 8.78 Å². The fraction of sp³-hybridized carbons (Fsp3) is 0.0833. The van der Waals surface area contributed by atoms with Crippen molar-refractivity contribution in [3.63, 3.8) is 0 Å². The van der Waals surface area contributed by atoms with Gasteiger partial charge in [-0.15, -0.1) is 11.3 Å². The Balaban J connectivity index is 1.72. The van der Waals surface area contributed by atoms with E-state index in [1.807, 2.05) is 18.2 Å². The zero-order valence-electron chi connectivity index (χ0n) is 16.6. The highest BCUT2D eigenvalue weighted by atomic mass is 35.5. The summed E-state index contributed by atoms with van der Waals surface area (Å²) in [4.78, 5) is 24.2. The number of nitrogens with two attached hydrogens (primary N) is 1. The van der Waals surface area contributed by atoms with E-state index in [-0.39, 0.29) is 17.7 Å². The Kier molecular flexibility index (Phi) is 6.21. The molecule has 1 heterocycles. The number of benzene rings is 3. The smallest absolute Gasteiger partial charge is 0.254 e. The van der Waals surface area contributed by atoms with E-state index in [9.17, 15) is 14.0 Å². The summed E-state index contributed by atoms with van der Waals surface area (Å²) in [5, 5.41) is 3.54. The molecule has 0 atom stereocenters. The molecule has 0 fully saturated rings. The number of thiophene rings is 1. The van der Waals surface area contributed by atoms with E-state index in [1.54, 1.807) is 24.3 Å². The van der Waals surface area contributed by atoms with Gasteiger partial charge in [0.25, 0.3) is 5.91 Å². The van der Waals surface area contributed by atoms with Crippen LogP contribution >= 0.6 is 22.9 Å². The number of fused-ring (bicyclic) bond motifs is 1. The van der Waals surface area contributed by atoms with Crippen LogP contribution in [-0.2, 0) is 11.2 Å². The Morgan fingerprint density at radius 3 is 2.50 bits per heavy atom. The van der Waals surface area contributed by atoms with E-state index in [0.29, 0.717) is 17.0 Å². The van der Waals surface area contributed by atoms with E-state index in [1.165, 1.54) is 29.5 Å². The minimum atomic E-state index is -0.717. The molecule has 32 heavy (non-hydrogen) atoms. The minimum Gasteiger partial charge on any atom is -0.368 e. The normalized spacial score (nSPS) is 11.0. The Morgan fingerprint density at radius 2 is 1.75 bits per heavy atom. The summed E-state index contributed by atoms with van der Waals surface area (Å²) in [7, 11) is 0. The molecule has 0 radical (unpaired) electrons. The molecule has 4 aromatic rings. The van der Waals surface area contributed by atoms with Gasteiger partial charge in [-0.05, 0) is 41.3 Å². The topological polar surface area (TPSA) is 72.2 Å². The average molecular weight is 471 g/mol. The van der Waals surface area contributed by atoms with Gasteiger partial charge in [0.1, 0.15) is 11.6 Å². The van der Waals surface area contributed by atoms with Crippen LogP contribution in [0.1, 0.15) is 20.8 Å². The first-order valence-electron chi connectivity index (χ1n) is 9.63. The largest absolute Gasteiger partial charge is 0.368 e. The van der Waals surface area contributed by atoms with Gasteiger partial charge in [0.05, 0.1) is 12.1 Å². The zero-order valence-corrected chi connectivity index (χ0v) is 18.2. The minimum absolute atomic E-state index is 0.174. The molecule has 2 amide bonds. The summed E-state index contributed by atoms with van der Waals surface area (Å²) >= 11 is 7.43. The molecule has 4 rings (SSSR count). The lowest BCUT2D eigenvalue weighted by atomic mass is 10.0. The van der Waals surface area contributed by atoms with Crippen LogP contribution in [-0.4, -0.2) is 18.4 Å². The molecule has 4 nitrogen and oxygen atoms in total. The van der Waals surface area contributed by atoms with Gasteiger partial charge in [-0.1, -0.05) is 41.9 Å². The summed E-state index contributed by atoms with van der Waals surface area (Å²) in [5.41, 5.74) is 6.51. The van der Waals surface area contributed by atoms with E-state index >= 15 is 4.39 Å². The molecule has 0 bridgehead atoms. The van der Waals surface area contributed by atoms with Crippen molar-refractivity contribution in [3.05, 3.63) is 93.3 Å². The van der Waals surface area contributed by atoms with Crippen molar-refractivity contribution in [1.29, 1.82) is 0 Å². The Labute approximate surface area is 191 Å². The van der Waals surface area contributed by atoms with Gasteiger partial charge in [-0.2, -0.15) is 0 Å². The lowest BCUT2D eigenvalue weighted by molar-refractivity contribution is -0.117. The fourth-order valence-corrected chi connectivity index (χ4v) is 4.97. The van der Waals surface area contributed by atoms with Crippen molar-refractivity contribution in [2.75, 3.05) is 6.54 Å². The number of amides is 2. The molecule has 0 spiro atoms. The first kappa shape index (κ1) is 21.9. The van der Waals surface area contributed by atoms with Crippen molar-refractivity contribution in [2.45, 2.75) is 6.42 Å². The van der Waals surface area contributed by atoms with Crippen LogP contribution in [0.15, 0.2) is 60.7 Å². The summed E-state index contributed by atoms with van der Waals surface area (Å²) < 4.78 is 29.8. The van der Waals surface area contributed by atoms with Crippen molar-refractivity contribution in [3.8, 4) is 11.1 Å². The second-order valence-electron chi connectivity index (χ2n) is 7.21. The monoisotopic (exact) mass is 470 g/mol. The third-order valence-corrected chi connectivity index (χ3v) is 6.25. The highest BCUT2D eigenvalue weighted by Crippen LogP contribution is 2.37. The van der Waals surface area contributed by atoms with Gasteiger partial charge < -0.3 is 11.1 Å². The molecule has 0 aliphatic rings. The molecule has 0 unspecified atom stereocenters. The maximum Gasteiger partial charge on any atom is 0.254 e. The third kappa shape index (κ3) is 4.64. The summed E-state index contributed by atoms with van der Waals surface area (Å²) in [6.45, 7) is -0.379. The number of carbonyl (C=O) groups is 2. The van der Waals surface area contributed by atoms with Crippen molar-refractivity contribution in [2.24, 2.45) is 5.73 Å². The van der Waals surface area contributed by atoms with E-state index in [0.717, 1.165) is 20.5 Å². The predicted molar refractivity (Wildman–Crippen MR) is 123 cm³/mol.